The van der Waals surface area contributed by atoms with Crippen molar-refractivity contribution < 1.29 is 4.79 Å². The molecule has 2 aromatic heterocycles. The maximum atomic E-state index is 12.9. The number of rotatable bonds is 7. The molecule has 6 nitrogen and oxygen atoms in total. The highest BCUT2D eigenvalue weighted by atomic mass is 32.2. The smallest absolute Gasteiger partial charge is 0.234 e. The summed E-state index contributed by atoms with van der Waals surface area (Å²) in [7, 11) is 0. The third kappa shape index (κ3) is 4.47. The van der Waals surface area contributed by atoms with Gasteiger partial charge >= 0.3 is 0 Å². The standard InChI is InChI=1S/C28H27N5OS/c1-4-20-12-9-11-19(3)26(20)30-25(34)17-35-28-32-31-27(33(28)24-15-8-5-10-18(24)2)22-16-29-23-14-7-6-13-21(22)23/h5-16,29H,4,17H2,1-3H3,(H,30,34). The lowest BCUT2D eigenvalue weighted by Crippen LogP contribution is -2.16. The number of benzene rings is 3. The Morgan fingerprint density at radius 2 is 1.74 bits per heavy atom. The number of nitrogens with zero attached hydrogens (tertiary/aromatic N) is 3. The normalized spacial score (nSPS) is 11.2. The molecule has 0 saturated carbocycles. The van der Waals surface area contributed by atoms with Gasteiger partial charge in [-0.15, -0.1) is 10.2 Å². The number of nitrogens with one attached hydrogen (secondary N) is 2. The molecule has 0 spiro atoms. The third-order valence-corrected chi connectivity index (χ3v) is 7.09. The largest absolute Gasteiger partial charge is 0.360 e. The van der Waals surface area contributed by atoms with Crippen LogP contribution >= 0.6 is 11.8 Å². The Bertz CT molecular complexity index is 1520. The number of carbonyl (C=O) groups excluding carboxylic acids is 1. The molecule has 0 radical (unpaired) electrons. The molecule has 0 fully saturated rings. The number of amides is 1. The van der Waals surface area contributed by atoms with E-state index in [1.54, 1.807) is 0 Å². The van der Waals surface area contributed by atoms with Crippen LogP contribution in [0.5, 0.6) is 0 Å². The van der Waals surface area contributed by atoms with Crippen LogP contribution in [0.3, 0.4) is 0 Å². The summed E-state index contributed by atoms with van der Waals surface area (Å²) >= 11 is 1.39. The molecule has 0 unspecified atom stereocenters. The van der Waals surface area contributed by atoms with E-state index in [9.17, 15) is 4.79 Å². The average molecular weight is 482 g/mol. The third-order valence-electron chi connectivity index (χ3n) is 6.16. The fourth-order valence-electron chi connectivity index (χ4n) is 4.33. The molecule has 0 atom stereocenters. The van der Waals surface area contributed by atoms with Gasteiger partial charge in [0.25, 0.3) is 0 Å². The zero-order valence-electron chi connectivity index (χ0n) is 20.0. The average Bonchev–Trinajstić information content (AvgIpc) is 3.48. The molecule has 3 aromatic carbocycles. The van der Waals surface area contributed by atoms with Crippen LogP contribution in [0.2, 0.25) is 0 Å². The van der Waals surface area contributed by atoms with E-state index >= 15 is 0 Å². The zero-order chi connectivity index (χ0) is 24.4. The number of fused-ring (bicyclic) bond motifs is 1. The zero-order valence-corrected chi connectivity index (χ0v) is 20.8. The maximum absolute atomic E-state index is 12.9. The maximum Gasteiger partial charge on any atom is 0.234 e. The monoisotopic (exact) mass is 481 g/mol. The van der Waals surface area contributed by atoms with Gasteiger partial charge in [0, 0.05) is 28.4 Å². The first-order valence-electron chi connectivity index (χ1n) is 11.7. The SMILES string of the molecule is CCc1cccc(C)c1NC(=O)CSc1nnc(-c2c[nH]c3ccccc23)n1-c1ccccc1C. The molecule has 2 N–H and O–H groups in total. The Morgan fingerprint density at radius 1 is 0.971 bits per heavy atom. The van der Waals surface area contributed by atoms with E-state index in [-0.39, 0.29) is 11.7 Å². The Labute approximate surface area is 208 Å². The van der Waals surface area contributed by atoms with Crippen molar-refractivity contribution >= 4 is 34.3 Å². The second-order valence-electron chi connectivity index (χ2n) is 8.48. The highest BCUT2D eigenvalue weighted by Gasteiger charge is 2.21. The van der Waals surface area contributed by atoms with Crippen molar-refractivity contribution in [1.82, 2.24) is 19.7 Å². The number of aromatic nitrogens is 4. The summed E-state index contributed by atoms with van der Waals surface area (Å²) < 4.78 is 2.05. The van der Waals surface area contributed by atoms with Crippen molar-refractivity contribution in [1.29, 1.82) is 0 Å². The minimum absolute atomic E-state index is 0.0630. The van der Waals surface area contributed by atoms with E-state index in [1.807, 2.05) is 60.2 Å². The highest BCUT2D eigenvalue weighted by molar-refractivity contribution is 7.99. The van der Waals surface area contributed by atoms with Crippen LogP contribution in [-0.4, -0.2) is 31.4 Å². The molecule has 0 aliphatic carbocycles. The van der Waals surface area contributed by atoms with Crippen molar-refractivity contribution in [2.75, 3.05) is 11.1 Å². The van der Waals surface area contributed by atoms with Gasteiger partial charge in [0.1, 0.15) is 0 Å². The van der Waals surface area contributed by atoms with Crippen molar-refractivity contribution in [2.45, 2.75) is 32.3 Å². The van der Waals surface area contributed by atoms with E-state index in [0.717, 1.165) is 56.8 Å². The molecule has 35 heavy (non-hydrogen) atoms. The molecular formula is C28H27N5OS. The fraction of sp³-hybridized carbons (Fsp3) is 0.179. The van der Waals surface area contributed by atoms with Gasteiger partial charge in [-0.3, -0.25) is 9.36 Å². The van der Waals surface area contributed by atoms with Crippen LogP contribution in [0.25, 0.3) is 28.0 Å². The van der Waals surface area contributed by atoms with E-state index in [4.69, 9.17) is 0 Å². The van der Waals surface area contributed by atoms with Crippen molar-refractivity contribution in [3.05, 3.63) is 89.6 Å². The van der Waals surface area contributed by atoms with Gasteiger partial charge in [-0.05, 0) is 49.1 Å². The Morgan fingerprint density at radius 3 is 2.57 bits per heavy atom. The summed E-state index contributed by atoms with van der Waals surface area (Å²) in [5, 5.41) is 13.9. The minimum atomic E-state index is -0.0630. The van der Waals surface area contributed by atoms with E-state index in [1.165, 1.54) is 11.8 Å². The molecule has 5 rings (SSSR count). The van der Waals surface area contributed by atoms with Gasteiger partial charge in [0.2, 0.25) is 5.91 Å². The van der Waals surface area contributed by atoms with Gasteiger partial charge in [0.05, 0.1) is 11.4 Å². The second kappa shape index (κ2) is 9.80. The number of aryl methyl sites for hydroxylation is 3. The molecule has 1 amide bonds. The van der Waals surface area contributed by atoms with Crippen molar-refractivity contribution in [3.8, 4) is 17.1 Å². The lowest BCUT2D eigenvalue weighted by Gasteiger charge is -2.14. The summed E-state index contributed by atoms with van der Waals surface area (Å²) in [6.07, 6.45) is 2.83. The van der Waals surface area contributed by atoms with Crippen LogP contribution < -0.4 is 5.32 Å². The number of para-hydroxylation sites is 3. The summed E-state index contributed by atoms with van der Waals surface area (Å²) in [6, 6.07) is 22.4. The van der Waals surface area contributed by atoms with Gasteiger partial charge in [-0.25, -0.2) is 0 Å². The number of H-pyrrole nitrogens is 1. The van der Waals surface area contributed by atoms with Crippen molar-refractivity contribution in [3.63, 3.8) is 0 Å². The van der Waals surface area contributed by atoms with E-state index in [2.05, 4.69) is 58.6 Å². The Balaban J connectivity index is 1.48. The number of hydrogen-bond donors (Lipinski definition) is 2. The first-order chi connectivity index (χ1) is 17.1. The number of anilines is 1. The Kier molecular flexibility index (Phi) is 6.42. The number of aromatic amines is 1. The predicted molar refractivity (Wildman–Crippen MR) is 143 cm³/mol. The molecule has 0 aliphatic heterocycles. The van der Waals surface area contributed by atoms with E-state index < -0.39 is 0 Å². The molecular weight excluding hydrogens is 454 g/mol. The molecule has 0 saturated heterocycles. The summed E-state index contributed by atoms with van der Waals surface area (Å²) in [5.41, 5.74) is 7.21. The first-order valence-corrected chi connectivity index (χ1v) is 12.6. The molecule has 7 heteroatoms. The lowest BCUT2D eigenvalue weighted by molar-refractivity contribution is -0.113. The fourth-order valence-corrected chi connectivity index (χ4v) is 5.08. The van der Waals surface area contributed by atoms with Gasteiger partial charge in [-0.2, -0.15) is 0 Å². The quantitative estimate of drug-likeness (QED) is 0.267. The Hall–Kier alpha value is -3.84. The predicted octanol–water partition coefficient (Wildman–Crippen LogP) is 6.33. The summed E-state index contributed by atoms with van der Waals surface area (Å²) in [4.78, 5) is 16.3. The lowest BCUT2D eigenvalue weighted by atomic mass is 10.1. The molecule has 176 valence electrons. The molecule has 0 aliphatic rings. The highest BCUT2D eigenvalue weighted by Crippen LogP contribution is 2.33. The first kappa shape index (κ1) is 22.9. The van der Waals surface area contributed by atoms with Crippen LogP contribution in [0.1, 0.15) is 23.6 Å². The van der Waals surface area contributed by atoms with Gasteiger partial charge in [-0.1, -0.05) is 73.3 Å². The second-order valence-corrected chi connectivity index (χ2v) is 9.42. The van der Waals surface area contributed by atoms with Crippen LogP contribution in [-0.2, 0) is 11.2 Å². The number of hydrogen-bond acceptors (Lipinski definition) is 4. The van der Waals surface area contributed by atoms with Crippen molar-refractivity contribution in [2.24, 2.45) is 0 Å². The molecule has 5 aromatic rings. The number of thioether (sulfide) groups is 1. The molecule has 2 heterocycles. The minimum Gasteiger partial charge on any atom is -0.360 e. The van der Waals surface area contributed by atoms with E-state index in [0.29, 0.717) is 5.16 Å². The van der Waals surface area contributed by atoms with Crippen LogP contribution in [0.4, 0.5) is 5.69 Å². The topological polar surface area (TPSA) is 75.6 Å². The van der Waals surface area contributed by atoms with Crippen LogP contribution in [0, 0.1) is 13.8 Å². The summed E-state index contributed by atoms with van der Waals surface area (Å²) in [5.74, 6) is 0.911. The molecule has 0 bridgehead atoms. The number of carbonyl (C=O) groups is 1. The van der Waals surface area contributed by atoms with Gasteiger partial charge < -0.3 is 10.3 Å². The van der Waals surface area contributed by atoms with Gasteiger partial charge in [0.15, 0.2) is 11.0 Å². The summed E-state index contributed by atoms with van der Waals surface area (Å²) in [6.45, 7) is 6.18. The van der Waals surface area contributed by atoms with Crippen LogP contribution in [0.15, 0.2) is 78.1 Å².